The summed E-state index contributed by atoms with van der Waals surface area (Å²) in [5.41, 5.74) is 3.61. The number of imidazole rings is 1. The lowest BCUT2D eigenvalue weighted by Gasteiger charge is -2.00. The summed E-state index contributed by atoms with van der Waals surface area (Å²) < 4.78 is 6.67. The highest BCUT2D eigenvalue weighted by atomic mass is 32.1. The maximum absolute atomic E-state index is 12.7. The zero-order chi connectivity index (χ0) is 19.7. The van der Waals surface area contributed by atoms with Crippen molar-refractivity contribution in [1.82, 2.24) is 14.4 Å². The van der Waals surface area contributed by atoms with Crippen molar-refractivity contribution >= 4 is 44.6 Å². The van der Waals surface area contributed by atoms with Crippen LogP contribution in [-0.2, 0) is 4.74 Å². The molecule has 0 spiro atoms. The molecule has 0 fully saturated rings. The van der Waals surface area contributed by atoms with Crippen LogP contribution in [0.3, 0.4) is 0 Å². The van der Waals surface area contributed by atoms with Gasteiger partial charge in [0.05, 0.1) is 12.3 Å². The van der Waals surface area contributed by atoms with E-state index in [9.17, 15) is 9.59 Å². The van der Waals surface area contributed by atoms with Gasteiger partial charge in [-0.05, 0) is 13.8 Å². The van der Waals surface area contributed by atoms with Gasteiger partial charge in [0.25, 0.3) is 5.91 Å². The fourth-order valence-electron chi connectivity index (χ4n) is 2.60. The van der Waals surface area contributed by atoms with E-state index in [4.69, 9.17) is 4.74 Å². The van der Waals surface area contributed by atoms with Gasteiger partial charge in [-0.2, -0.15) is 0 Å². The van der Waals surface area contributed by atoms with Gasteiger partial charge in [0.2, 0.25) is 0 Å². The Kier molecular flexibility index (Phi) is 4.93. The van der Waals surface area contributed by atoms with Crippen molar-refractivity contribution in [2.24, 2.45) is 0 Å². The molecule has 0 aliphatic heterocycles. The third-order valence-electron chi connectivity index (χ3n) is 4.00. The number of carbonyl (C=O) groups is 2. The molecule has 0 unspecified atom stereocenters. The molecule has 0 aliphatic carbocycles. The van der Waals surface area contributed by atoms with Crippen molar-refractivity contribution in [3.05, 3.63) is 58.2 Å². The van der Waals surface area contributed by atoms with Crippen LogP contribution in [0.2, 0.25) is 0 Å². The van der Waals surface area contributed by atoms with Crippen LogP contribution >= 0.6 is 22.7 Å². The molecule has 4 aromatic rings. The van der Waals surface area contributed by atoms with Crippen LogP contribution in [0.4, 0.5) is 5.13 Å². The fraction of sp³-hybridized carbons (Fsp3) is 0.158. The third kappa shape index (κ3) is 3.54. The molecular formula is C19H16N4O3S2. The second kappa shape index (κ2) is 7.53. The van der Waals surface area contributed by atoms with Crippen molar-refractivity contribution in [3.63, 3.8) is 0 Å². The van der Waals surface area contributed by atoms with Gasteiger partial charge in [-0.1, -0.05) is 29.8 Å². The van der Waals surface area contributed by atoms with Crippen LogP contribution < -0.4 is 5.32 Å². The minimum atomic E-state index is -0.505. The van der Waals surface area contributed by atoms with E-state index in [0.29, 0.717) is 10.8 Å². The van der Waals surface area contributed by atoms with E-state index in [0.717, 1.165) is 16.2 Å². The number of fused-ring (bicyclic) bond motifs is 1. The van der Waals surface area contributed by atoms with Crippen LogP contribution in [-0.4, -0.2) is 32.9 Å². The maximum atomic E-state index is 12.7. The number of ether oxygens (including phenoxy) is 1. The SMILES string of the molecule is CCOC(=O)c1csc(NC(=O)c2csc3nc(-c4ccc(C)cc4)cn23)n1. The van der Waals surface area contributed by atoms with Gasteiger partial charge < -0.3 is 4.74 Å². The number of nitrogens with zero attached hydrogens (tertiary/aromatic N) is 3. The molecule has 142 valence electrons. The molecule has 1 N–H and O–H groups in total. The highest BCUT2D eigenvalue weighted by molar-refractivity contribution is 7.15. The number of benzene rings is 1. The van der Waals surface area contributed by atoms with Gasteiger partial charge in [-0.25, -0.2) is 14.8 Å². The Balaban J connectivity index is 1.56. The highest BCUT2D eigenvalue weighted by Gasteiger charge is 2.18. The van der Waals surface area contributed by atoms with Crippen molar-refractivity contribution in [1.29, 1.82) is 0 Å². The summed E-state index contributed by atoms with van der Waals surface area (Å²) in [4.78, 5) is 33.8. The first-order chi connectivity index (χ1) is 13.5. The Bertz CT molecular complexity index is 1160. The number of amides is 1. The van der Waals surface area contributed by atoms with E-state index in [1.54, 1.807) is 22.1 Å². The molecule has 7 nitrogen and oxygen atoms in total. The smallest absolute Gasteiger partial charge is 0.357 e. The Labute approximate surface area is 168 Å². The summed E-state index contributed by atoms with van der Waals surface area (Å²) in [7, 11) is 0. The summed E-state index contributed by atoms with van der Waals surface area (Å²) in [5.74, 6) is -0.821. The van der Waals surface area contributed by atoms with Crippen molar-refractivity contribution in [3.8, 4) is 11.3 Å². The molecule has 1 aromatic carbocycles. The Morgan fingerprint density at radius 3 is 2.68 bits per heavy atom. The lowest BCUT2D eigenvalue weighted by atomic mass is 10.1. The largest absolute Gasteiger partial charge is 0.461 e. The van der Waals surface area contributed by atoms with Gasteiger partial charge >= 0.3 is 5.97 Å². The van der Waals surface area contributed by atoms with Crippen LogP contribution in [0, 0.1) is 6.92 Å². The number of hydrogen-bond donors (Lipinski definition) is 1. The van der Waals surface area contributed by atoms with Crippen LogP contribution in [0.15, 0.2) is 41.2 Å². The van der Waals surface area contributed by atoms with Gasteiger partial charge in [-0.15, -0.1) is 22.7 Å². The average Bonchev–Trinajstić information content (AvgIpc) is 3.37. The standard InChI is InChI=1S/C19H16N4O3S2/c1-3-26-17(25)14-9-27-18(20-14)22-16(24)15-10-28-19-21-13(8-23(15)19)12-6-4-11(2)5-7-12/h4-10H,3H2,1-2H3,(H,20,22,24). The normalized spacial score (nSPS) is 10.9. The molecule has 9 heteroatoms. The second-order valence-corrected chi connectivity index (χ2v) is 7.67. The molecule has 0 atom stereocenters. The van der Waals surface area contributed by atoms with Gasteiger partial charge in [0.15, 0.2) is 15.8 Å². The molecule has 3 heterocycles. The highest BCUT2D eigenvalue weighted by Crippen LogP contribution is 2.25. The first-order valence-electron chi connectivity index (χ1n) is 8.53. The number of aromatic nitrogens is 3. The molecule has 0 saturated carbocycles. The zero-order valence-corrected chi connectivity index (χ0v) is 16.8. The lowest BCUT2D eigenvalue weighted by Crippen LogP contribution is -2.14. The van der Waals surface area contributed by atoms with Gasteiger partial charge in [-0.3, -0.25) is 14.5 Å². The molecule has 0 bridgehead atoms. The Morgan fingerprint density at radius 2 is 1.93 bits per heavy atom. The van der Waals surface area contributed by atoms with Gasteiger partial charge in [0.1, 0.15) is 5.69 Å². The topological polar surface area (TPSA) is 85.6 Å². The average molecular weight is 412 g/mol. The second-order valence-electron chi connectivity index (χ2n) is 5.98. The number of thiazole rings is 2. The number of esters is 1. The van der Waals surface area contributed by atoms with E-state index < -0.39 is 5.97 Å². The van der Waals surface area contributed by atoms with E-state index in [1.807, 2.05) is 37.4 Å². The minimum absolute atomic E-state index is 0.182. The quantitative estimate of drug-likeness (QED) is 0.495. The molecule has 1 amide bonds. The molecule has 0 radical (unpaired) electrons. The lowest BCUT2D eigenvalue weighted by molar-refractivity contribution is 0.0520. The monoisotopic (exact) mass is 412 g/mol. The summed E-state index contributed by atoms with van der Waals surface area (Å²) in [6.45, 7) is 4.03. The van der Waals surface area contributed by atoms with Crippen molar-refractivity contribution in [2.75, 3.05) is 11.9 Å². The number of hydrogen-bond acceptors (Lipinski definition) is 7. The Hall–Kier alpha value is -3.04. The van der Waals surface area contributed by atoms with E-state index in [-0.39, 0.29) is 18.2 Å². The van der Waals surface area contributed by atoms with Crippen LogP contribution in [0.25, 0.3) is 16.2 Å². The summed E-state index contributed by atoms with van der Waals surface area (Å²) >= 11 is 2.56. The first-order valence-corrected chi connectivity index (χ1v) is 10.3. The number of carbonyl (C=O) groups excluding carboxylic acids is 2. The molecule has 3 aromatic heterocycles. The summed E-state index contributed by atoms with van der Waals surface area (Å²) in [6.07, 6.45) is 1.84. The number of anilines is 1. The fourth-order valence-corrected chi connectivity index (χ4v) is 4.13. The predicted molar refractivity (Wildman–Crippen MR) is 109 cm³/mol. The molecular weight excluding hydrogens is 396 g/mol. The van der Waals surface area contributed by atoms with Crippen molar-refractivity contribution in [2.45, 2.75) is 13.8 Å². The van der Waals surface area contributed by atoms with Crippen LogP contribution in [0.5, 0.6) is 0 Å². The summed E-state index contributed by atoms with van der Waals surface area (Å²) in [5, 5.41) is 6.37. The molecule has 0 saturated heterocycles. The maximum Gasteiger partial charge on any atom is 0.357 e. The molecule has 4 rings (SSSR count). The van der Waals surface area contributed by atoms with E-state index in [1.165, 1.54) is 28.2 Å². The van der Waals surface area contributed by atoms with E-state index in [2.05, 4.69) is 15.3 Å². The molecule has 0 aliphatic rings. The van der Waals surface area contributed by atoms with Crippen LogP contribution in [0.1, 0.15) is 33.5 Å². The minimum Gasteiger partial charge on any atom is -0.461 e. The summed E-state index contributed by atoms with van der Waals surface area (Å²) in [6, 6.07) is 8.07. The zero-order valence-electron chi connectivity index (χ0n) is 15.1. The first kappa shape index (κ1) is 18.3. The third-order valence-corrected chi connectivity index (χ3v) is 5.60. The Morgan fingerprint density at radius 1 is 1.14 bits per heavy atom. The van der Waals surface area contributed by atoms with E-state index >= 15 is 0 Å². The predicted octanol–water partition coefficient (Wildman–Crippen LogP) is 4.26. The van der Waals surface area contributed by atoms with Gasteiger partial charge in [0, 0.05) is 22.5 Å². The number of rotatable bonds is 5. The molecule has 28 heavy (non-hydrogen) atoms. The number of nitrogens with one attached hydrogen (secondary N) is 1. The number of aryl methyl sites for hydroxylation is 1. The van der Waals surface area contributed by atoms with Crippen molar-refractivity contribution < 1.29 is 14.3 Å².